The lowest BCUT2D eigenvalue weighted by Gasteiger charge is -2.19. The molecule has 0 spiro atoms. The van der Waals surface area contributed by atoms with Crippen LogP contribution in [0.5, 0.6) is 0 Å². The van der Waals surface area contributed by atoms with Gasteiger partial charge in [0, 0.05) is 24.0 Å². The van der Waals surface area contributed by atoms with Crippen molar-refractivity contribution >= 4 is 16.7 Å². The number of nitrogens with zero attached hydrogens (tertiary/aromatic N) is 4. The van der Waals surface area contributed by atoms with Crippen LogP contribution in [0.4, 0.5) is 0 Å². The molecule has 0 saturated carbocycles. The van der Waals surface area contributed by atoms with Crippen LogP contribution in [0, 0.1) is 0 Å². The van der Waals surface area contributed by atoms with Crippen molar-refractivity contribution in [3.63, 3.8) is 0 Å². The van der Waals surface area contributed by atoms with Crippen molar-refractivity contribution in [1.29, 1.82) is 0 Å². The van der Waals surface area contributed by atoms with Crippen LogP contribution in [-0.4, -0.2) is 32.1 Å². The zero-order chi connectivity index (χ0) is 18.7. The highest BCUT2D eigenvalue weighted by molar-refractivity contribution is 5.82. The number of hydrogen-bond donors (Lipinski definition) is 0. The van der Waals surface area contributed by atoms with Gasteiger partial charge in [-0.1, -0.05) is 37.2 Å². The number of fused-ring (bicyclic) bond motifs is 1. The quantitative estimate of drug-likeness (QED) is 0.679. The van der Waals surface area contributed by atoms with E-state index in [2.05, 4.69) is 10.1 Å². The van der Waals surface area contributed by atoms with Crippen LogP contribution >= 0.6 is 0 Å². The summed E-state index contributed by atoms with van der Waals surface area (Å²) in [5.41, 5.74) is -0.174. The van der Waals surface area contributed by atoms with Gasteiger partial charge < -0.3 is 14.0 Å². The molecule has 7 nitrogen and oxygen atoms in total. The summed E-state index contributed by atoms with van der Waals surface area (Å²) in [6.07, 6.45) is 1.65. The Balaban J connectivity index is 1.77. The highest BCUT2D eigenvalue weighted by atomic mass is 16.5. The smallest absolute Gasteiger partial charge is 0.258 e. The Kier molecular flexibility index (Phi) is 5.16. The van der Waals surface area contributed by atoms with Gasteiger partial charge in [0.05, 0.1) is 0 Å². The fourth-order valence-corrected chi connectivity index (χ4v) is 2.71. The fourth-order valence-electron chi connectivity index (χ4n) is 2.71. The minimum Gasteiger partial charge on any atom is -0.337 e. The monoisotopic (exact) mass is 354 g/mol. The number of likely N-dealkylation sites (N-methyl/N-ethyl adjacent to an activating group) is 1. The van der Waals surface area contributed by atoms with Crippen LogP contribution in [0.15, 0.2) is 45.8 Å². The summed E-state index contributed by atoms with van der Waals surface area (Å²) in [7, 11) is 0. The highest BCUT2D eigenvalue weighted by Gasteiger charge is 2.18. The molecule has 0 atom stereocenters. The Hall–Kier alpha value is -2.96. The second-order valence-electron chi connectivity index (χ2n) is 6.44. The number of rotatable bonds is 6. The number of amides is 1. The van der Waals surface area contributed by atoms with Crippen molar-refractivity contribution in [1.82, 2.24) is 19.6 Å². The van der Waals surface area contributed by atoms with Gasteiger partial charge in [0.25, 0.3) is 5.56 Å². The van der Waals surface area contributed by atoms with Crippen molar-refractivity contribution in [2.45, 2.75) is 39.8 Å². The predicted molar refractivity (Wildman–Crippen MR) is 97.7 cm³/mol. The summed E-state index contributed by atoms with van der Waals surface area (Å²) >= 11 is 0. The molecule has 0 saturated heterocycles. The molecule has 0 aliphatic carbocycles. The first kappa shape index (κ1) is 17.8. The van der Waals surface area contributed by atoms with Gasteiger partial charge in [0.1, 0.15) is 13.1 Å². The van der Waals surface area contributed by atoms with E-state index in [0.717, 1.165) is 5.39 Å². The minimum atomic E-state index is -0.174. The normalized spacial score (nSPS) is 11.2. The molecule has 1 amide bonds. The number of carbonyl (C=O) groups is 1. The Morgan fingerprint density at radius 2 is 2.04 bits per heavy atom. The van der Waals surface area contributed by atoms with Crippen molar-refractivity contribution in [2.24, 2.45) is 0 Å². The van der Waals surface area contributed by atoms with Gasteiger partial charge in [0.15, 0.2) is 5.82 Å². The number of pyridine rings is 1. The molecular weight excluding hydrogens is 332 g/mol. The molecule has 0 aliphatic heterocycles. The molecule has 0 fully saturated rings. The average molecular weight is 354 g/mol. The van der Waals surface area contributed by atoms with Crippen molar-refractivity contribution < 1.29 is 9.32 Å². The van der Waals surface area contributed by atoms with E-state index in [1.165, 1.54) is 4.57 Å². The van der Waals surface area contributed by atoms with Crippen LogP contribution in [0.2, 0.25) is 0 Å². The van der Waals surface area contributed by atoms with E-state index < -0.39 is 0 Å². The molecule has 0 unspecified atom stereocenters. The summed E-state index contributed by atoms with van der Waals surface area (Å²) < 4.78 is 6.65. The molecule has 0 radical (unpaired) electrons. The third-order valence-electron chi connectivity index (χ3n) is 4.25. The third-order valence-corrected chi connectivity index (χ3v) is 4.25. The van der Waals surface area contributed by atoms with Crippen LogP contribution in [0.3, 0.4) is 0 Å². The Labute approximate surface area is 151 Å². The van der Waals surface area contributed by atoms with Gasteiger partial charge in [-0.2, -0.15) is 4.98 Å². The van der Waals surface area contributed by atoms with Crippen LogP contribution < -0.4 is 5.56 Å². The lowest BCUT2D eigenvalue weighted by Crippen LogP contribution is -2.36. The summed E-state index contributed by atoms with van der Waals surface area (Å²) in [6, 6.07) is 9.18. The first-order valence-electron chi connectivity index (χ1n) is 8.68. The summed E-state index contributed by atoms with van der Waals surface area (Å²) in [6.45, 7) is 6.52. The maximum absolute atomic E-state index is 12.7. The van der Waals surface area contributed by atoms with Crippen LogP contribution in [-0.2, 0) is 17.9 Å². The maximum Gasteiger partial charge on any atom is 0.258 e. The van der Waals surface area contributed by atoms with E-state index >= 15 is 0 Å². The largest absolute Gasteiger partial charge is 0.337 e. The summed E-state index contributed by atoms with van der Waals surface area (Å²) in [4.78, 5) is 31.1. The predicted octanol–water partition coefficient (Wildman–Crippen LogP) is 2.56. The number of hydrogen-bond acceptors (Lipinski definition) is 5. The molecule has 2 heterocycles. The number of carbonyl (C=O) groups excluding carboxylic acids is 1. The average Bonchev–Trinajstić information content (AvgIpc) is 3.11. The lowest BCUT2D eigenvalue weighted by molar-refractivity contribution is -0.132. The van der Waals surface area contributed by atoms with Gasteiger partial charge in [-0.25, -0.2) is 0 Å². The summed E-state index contributed by atoms with van der Waals surface area (Å²) in [5, 5.41) is 5.38. The zero-order valence-electron chi connectivity index (χ0n) is 15.2. The van der Waals surface area contributed by atoms with Gasteiger partial charge in [0.2, 0.25) is 11.8 Å². The topological polar surface area (TPSA) is 81.2 Å². The van der Waals surface area contributed by atoms with E-state index in [1.807, 2.05) is 45.0 Å². The third kappa shape index (κ3) is 3.66. The first-order chi connectivity index (χ1) is 12.5. The molecule has 1 aromatic carbocycles. The lowest BCUT2D eigenvalue weighted by atomic mass is 10.2. The zero-order valence-corrected chi connectivity index (χ0v) is 15.2. The number of benzene rings is 1. The maximum atomic E-state index is 12.7. The van der Waals surface area contributed by atoms with Crippen molar-refractivity contribution in [3.05, 3.63) is 58.6 Å². The highest BCUT2D eigenvalue weighted by Crippen LogP contribution is 2.12. The van der Waals surface area contributed by atoms with Crippen molar-refractivity contribution in [2.75, 3.05) is 6.54 Å². The van der Waals surface area contributed by atoms with E-state index in [0.29, 0.717) is 23.6 Å². The fraction of sp³-hybridized carbons (Fsp3) is 0.368. The Bertz CT molecular complexity index is 974. The van der Waals surface area contributed by atoms with E-state index in [4.69, 9.17) is 4.52 Å². The Morgan fingerprint density at radius 1 is 1.27 bits per heavy atom. The molecule has 0 aliphatic rings. The second-order valence-corrected chi connectivity index (χ2v) is 6.44. The summed E-state index contributed by atoms with van der Waals surface area (Å²) in [5.74, 6) is 1.01. The van der Waals surface area contributed by atoms with Gasteiger partial charge >= 0.3 is 0 Å². The van der Waals surface area contributed by atoms with Crippen LogP contribution in [0.1, 0.15) is 38.4 Å². The molecule has 3 aromatic rings. The molecular formula is C19H22N4O3. The molecule has 2 aromatic heterocycles. The van der Waals surface area contributed by atoms with Gasteiger partial charge in [-0.15, -0.1) is 0 Å². The molecule has 26 heavy (non-hydrogen) atoms. The van der Waals surface area contributed by atoms with E-state index in [-0.39, 0.29) is 30.5 Å². The SMILES string of the molecule is CCN(Cc1nc(C(C)C)no1)C(=O)Cn1ccc2ccccc2c1=O. The molecule has 0 bridgehead atoms. The van der Waals surface area contributed by atoms with Crippen LogP contribution in [0.25, 0.3) is 10.8 Å². The van der Waals surface area contributed by atoms with E-state index in [1.54, 1.807) is 17.2 Å². The first-order valence-corrected chi connectivity index (χ1v) is 8.68. The Morgan fingerprint density at radius 3 is 2.73 bits per heavy atom. The minimum absolute atomic E-state index is 0.0251. The second kappa shape index (κ2) is 7.51. The molecule has 136 valence electrons. The van der Waals surface area contributed by atoms with Crippen molar-refractivity contribution in [3.8, 4) is 0 Å². The number of aromatic nitrogens is 3. The van der Waals surface area contributed by atoms with Gasteiger partial charge in [-0.3, -0.25) is 9.59 Å². The molecule has 3 rings (SSSR count). The van der Waals surface area contributed by atoms with Gasteiger partial charge in [-0.05, 0) is 24.4 Å². The standard InChI is InChI=1S/C19H22N4O3/c1-4-22(11-16-20-18(13(2)3)21-26-16)17(24)12-23-10-9-14-7-5-6-8-15(14)19(23)25/h5-10,13H,4,11-12H2,1-3H3. The molecule has 7 heteroatoms. The van der Waals surface area contributed by atoms with E-state index in [9.17, 15) is 9.59 Å². The molecule has 0 N–H and O–H groups in total.